The third kappa shape index (κ3) is 3.68. The van der Waals surface area contributed by atoms with Crippen molar-refractivity contribution in [3.63, 3.8) is 0 Å². The van der Waals surface area contributed by atoms with Crippen LogP contribution in [0.2, 0.25) is 0 Å². The predicted molar refractivity (Wildman–Crippen MR) is 102 cm³/mol. The minimum absolute atomic E-state index is 0.0116. The van der Waals surface area contributed by atoms with E-state index in [2.05, 4.69) is 15.5 Å². The highest BCUT2D eigenvalue weighted by Crippen LogP contribution is 2.17. The molecule has 0 bridgehead atoms. The fourth-order valence-electron chi connectivity index (χ4n) is 2.54. The van der Waals surface area contributed by atoms with Crippen LogP contribution < -0.4 is 16.7 Å². The van der Waals surface area contributed by atoms with Crippen molar-refractivity contribution in [1.82, 2.24) is 15.0 Å². The quantitative estimate of drug-likeness (QED) is 0.395. The van der Waals surface area contributed by atoms with Crippen LogP contribution in [0.15, 0.2) is 63.2 Å². The van der Waals surface area contributed by atoms with Crippen molar-refractivity contribution in [2.75, 3.05) is 0 Å². The fraction of sp³-hybridized carbons (Fsp3) is 0.0526. The Balaban J connectivity index is 1.94. The number of hydrogen-bond acceptors (Lipinski definition) is 6. The Labute approximate surface area is 158 Å². The Morgan fingerprint density at radius 2 is 1.89 bits per heavy atom. The van der Waals surface area contributed by atoms with E-state index in [1.807, 2.05) is 13.0 Å². The zero-order chi connectivity index (χ0) is 20.3. The molecule has 9 heteroatoms. The number of nitrogens with one attached hydrogen (secondary N) is 2. The number of carbonyl (C=O) groups excluding carboxylic acids is 1. The number of phenolic OH excluding ortho intramolecular Hbond substituents is 1. The van der Waals surface area contributed by atoms with E-state index in [4.69, 9.17) is 0 Å². The molecule has 0 saturated carbocycles. The minimum Gasteiger partial charge on any atom is -0.507 e. The number of aryl methyl sites for hydroxylation is 1. The molecule has 3 rings (SSSR count). The van der Waals surface area contributed by atoms with Gasteiger partial charge in [0.15, 0.2) is 0 Å². The van der Waals surface area contributed by atoms with Crippen LogP contribution in [-0.2, 0) is 0 Å². The molecular weight excluding hydrogens is 364 g/mol. The third-order valence-electron chi connectivity index (χ3n) is 3.89. The lowest BCUT2D eigenvalue weighted by molar-refractivity contribution is 0.0952. The van der Waals surface area contributed by atoms with Crippen LogP contribution in [0, 0.1) is 6.92 Å². The number of aromatic nitrogens is 2. The van der Waals surface area contributed by atoms with Crippen LogP contribution in [0.3, 0.4) is 0 Å². The molecule has 1 heterocycles. The highest BCUT2D eigenvalue weighted by atomic mass is 16.3. The van der Waals surface area contributed by atoms with E-state index in [-0.39, 0.29) is 16.9 Å². The van der Waals surface area contributed by atoms with Crippen LogP contribution in [0.1, 0.15) is 21.5 Å². The topological polar surface area (TPSA) is 137 Å². The van der Waals surface area contributed by atoms with Gasteiger partial charge < -0.3 is 10.2 Å². The number of hydrogen-bond donors (Lipinski definition) is 4. The molecule has 142 valence electrons. The largest absolute Gasteiger partial charge is 0.507 e. The van der Waals surface area contributed by atoms with Gasteiger partial charge in [-0.2, -0.15) is 5.10 Å². The van der Waals surface area contributed by atoms with Crippen molar-refractivity contribution in [2.45, 2.75) is 6.92 Å². The molecule has 1 aromatic heterocycles. The number of aromatic amines is 1. The Kier molecular flexibility index (Phi) is 5.07. The molecule has 0 aliphatic carbocycles. The second-order valence-corrected chi connectivity index (χ2v) is 5.89. The molecule has 0 unspecified atom stereocenters. The molecule has 0 spiro atoms. The summed E-state index contributed by atoms with van der Waals surface area (Å²) in [4.78, 5) is 38.3. The number of amides is 1. The first kappa shape index (κ1) is 18.6. The van der Waals surface area contributed by atoms with Crippen LogP contribution in [0.4, 0.5) is 0 Å². The molecule has 1 amide bonds. The highest BCUT2D eigenvalue weighted by molar-refractivity contribution is 5.97. The predicted octanol–water partition coefficient (Wildman–Crippen LogP) is 1.01. The van der Waals surface area contributed by atoms with Gasteiger partial charge in [-0.05, 0) is 36.8 Å². The molecule has 0 radical (unpaired) electrons. The van der Waals surface area contributed by atoms with Crippen LogP contribution in [0.5, 0.6) is 11.6 Å². The number of rotatable bonds is 4. The lowest BCUT2D eigenvalue weighted by Crippen LogP contribution is -2.31. The average molecular weight is 380 g/mol. The SMILES string of the molecule is Cc1cccc(-n2c(O)c(/C=N/NC(=O)c3ccccc3O)c(=O)[nH]c2=O)c1. The Bertz CT molecular complexity index is 1190. The zero-order valence-electron chi connectivity index (χ0n) is 14.7. The Morgan fingerprint density at radius 1 is 1.14 bits per heavy atom. The monoisotopic (exact) mass is 380 g/mol. The highest BCUT2D eigenvalue weighted by Gasteiger charge is 2.15. The standard InChI is InChI=1S/C19H16N4O5/c1-11-5-4-6-12(9-11)23-18(27)14(16(25)21-19(23)28)10-20-22-17(26)13-7-2-3-8-15(13)24/h2-10,24,27H,1H3,(H,22,26)(H,21,25,28)/b20-10+. The number of nitrogens with zero attached hydrogens (tertiary/aromatic N) is 2. The van der Waals surface area contributed by atoms with Gasteiger partial charge in [-0.1, -0.05) is 24.3 Å². The van der Waals surface area contributed by atoms with Crippen molar-refractivity contribution < 1.29 is 15.0 Å². The first-order valence-corrected chi connectivity index (χ1v) is 8.15. The van der Waals surface area contributed by atoms with Gasteiger partial charge in [-0.3, -0.25) is 14.6 Å². The second-order valence-electron chi connectivity index (χ2n) is 5.89. The fourth-order valence-corrected chi connectivity index (χ4v) is 2.54. The maximum atomic E-state index is 12.1. The number of H-pyrrole nitrogens is 1. The molecule has 0 aliphatic heterocycles. The number of para-hydroxylation sites is 1. The summed E-state index contributed by atoms with van der Waals surface area (Å²) in [6.07, 6.45) is 0.914. The zero-order valence-corrected chi connectivity index (χ0v) is 14.7. The van der Waals surface area contributed by atoms with E-state index in [9.17, 15) is 24.6 Å². The number of aromatic hydroxyl groups is 2. The molecule has 0 atom stereocenters. The van der Waals surface area contributed by atoms with Gasteiger partial charge in [0.05, 0.1) is 17.5 Å². The van der Waals surface area contributed by atoms with Gasteiger partial charge in [-0.15, -0.1) is 0 Å². The van der Waals surface area contributed by atoms with Crippen molar-refractivity contribution in [2.24, 2.45) is 5.10 Å². The van der Waals surface area contributed by atoms with E-state index in [1.165, 1.54) is 12.1 Å². The van der Waals surface area contributed by atoms with Crippen LogP contribution in [0.25, 0.3) is 5.69 Å². The number of benzene rings is 2. The first-order valence-electron chi connectivity index (χ1n) is 8.15. The minimum atomic E-state index is -0.869. The molecule has 0 aliphatic rings. The van der Waals surface area contributed by atoms with Gasteiger partial charge >= 0.3 is 5.69 Å². The Hall–Kier alpha value is -4.14. The number of carbonyl (C=O) groups is 1. The van der Waals surface area contributed by atoms with Gasteiger partial charge in [-0.25, -0.2) is 14.8 Å². The molecule has 2 aromatic carbocycles. The summed E-state index contributed by atoms with van der Waals surface area (Å²) < 4.78 is 0.917. The lowest BCUT2D eigenvalue weighted by atomic mass is 10.2. The molecule has 4 N–H and O–H groups in total. The van der Waals surface area contributed by atoms with E-state index >= 15 is 0 Å². The molecule has 9 nitrogen and oxygen atoms in total. The molecule has 3 aromatic rings. The number of hydrazone groups is 1. The first-order chi connectivity index (χ1) is 13.4. The maximum absolute atomic E-state index is 12.1. The van der Waals surface area contributed by atoms with E-state index in [1.54, 1.807) is 30.3 Å². The summed E-state index contributed by atoms with van der Waals surface area (Å²) in [6, 6.07) is 12.6. The molecule has 28 heavy (non-hydrogen) atoms. The molecular formula is C19H16N4O5. The van der Waals surface area contributed by atoms with E-state index in [0.717, 1.165) is 16.3 Å². The second kappa shape index (κ2) is 7.62. The summed E-state index contributed by atoms with van der Waals surface area (Å²) in [7, 11) is 0. The summed E-state index contributed by atoms with van der Waals surface area (Å²) in [5.41, 5.74) is 1.33. The van der Waals surface area contributed by atoms with Crippen molar-refractivity contribution in [3.8, 4) is 17.3 Å². The summed E-state index contributed by atoms with van der Waals surface area (Å²) in [6.45, 7) is 1.81. The maximum Gasteiger partial charge on any atom is 0.335 e. The van der Waals surface area contributed by atoms with Crippen molar-refractivity contribution >= 4 is 12.1 Å². The Morgan fingerprint density at radius 3 is 2.61 bits per heavy atom. The summed E-state index contributed by atoms with van der Waals surface area (Å²) >= 11 is 0. The van der Waals surface area contributed by atoms with Crippen LogP contribution >= 0.6 is 0 Å². The number of phenols is 1. The van der Waals surface area contributed by atoms with Gasteiger partial charge in [0.25, 0.3) is 11.5 Å². The van der Waals surface area contributed by atoms with E-state index in [0.29, 0.717) is 5.69 Å². The molecule has 0 saturated heterocycles. The third-order valence-corrected chi connectivity index (χ3v) is 3.89. The average Bonchev–Trinajstić information content (AvgIpc) is 2.64. The summed E-state index contributed by atoms with van der Waals surface area (Å²) in [5, 5.41) is 23.7. The van der Waals surface area contributed by atoms with Gasteiger partial charge in [0.1, 0.15) is 11.3 Å². The van der Waals surface area contributed by atoms with Gasteiger partial charge in [0, 0.05) is 0 Å². The lowest BCUT2D eigenvalue weighted by Gasteiger charge is -2.10. The molecule has 0 fully saturated rings. The van der Waals surface area contributed by atoms with Crippen molar-refractivity contribution in [3.05, 3.63) is 86.1 Å². The van der Waals surface area contributed by atoms with Crippen molar-refractivity contribution in [1.29, 1.82) is 0 Å². The normalized spacial score (nSPS) is 10.9. The summed E-state index contributed by atoms with van der Waals surface area (Å²) in [5.74, 6) is -1.57. The smallest absolute Gasteiger partial charge is 0.335 e. The van der Waals surface area contributed by atoms with Crippen LogP contribution in [-0.4, -0.2) is 31.9 Å². The van der Waals surface area contributed by atoms with E-state index < -0.39 is 23.0 Å². The van der Waals surface area contributed by atoms with Gasteiger partial charge in [0.2, 0.25) is 5.88 Å².